The SMILES string of the molecule is Cc1cccc(OCC(O)c2ccc(Cl)o2)c1. The van der Waals surface area contributed by atoms with E-state index in [0.29, 0.717) is 5.76 Å². The number of aliphatic hydroxyl groups is 1. The molecule has 1 unspecified atom stereocenters. The first-order valence-corrected chi connectivity index (χ1v) is 5.66. The fraction of sp³-hybridized carbons (Fsp3) is 0.231. The summed E-state index contributed by atoms with van der Waals surface area (Å²) in [6, 6.07) is 10.9. The van der Waals surface area contributed by atoms with E-state index in [1.807, 2.05) is 31.2 Å². The second-order valence-corrected chi connectivity index (χ2v) is 4.16. The monoisotopic (exact) mass is 252 g/mol. The van der Waals surface area contributed by atoms with E-state index >= 15 is 0 Å². The van der Waals surface area contributed by atoms with Gasteiger partial charge in [0, 0.05) is 0 Å². The van der Waals surface area contributed by atoms with Crippen molar-refractivity contribution in [2.45, 2.75) is 13.0 Å². The van der Waals surface area contributed by atoms with Crippen molar-refractivity contribution in [2.24, 2.45) is 0 Å². The Kier molecular flexibility index (Phi) is 3.71. The number of aliphatic hydroxyl groups excluding tert-OH is 1. The van der Waals surface area contributed by atoms with Gasteiger partial charge in [0.25, 0.3) is 0 Å². The molecule has 1 atom stereocenters. The van der Waals surface area contributed by atoms with Crippen LogP contribution in [0.5, 0.6) is 5.75 Å². The van der Waals surface area contributed by atoms with Gasteiger partial charge in [-0.05, 0) is 48.4 Å². The van der Waals surface area contributed by atoms with E-state index in [2.05, 4.69) is 0 Å². The third-order valence-electron chi connectivity index (χ3n) is 2.32. The normalized spacial score (nSPS) is 12.4. The van der Waals surface area contributed by atoms with E-state index in [4.69, 9.17) is 20.8 Å². The van der Waals surface area contributed by atoms with E-state index in [9.17, 15) is 5.11 Å². The number of ether oxygens (including phenoxy) is 1. The average molecular weight is 253 g/mol. The lowest BCUT2D eigenvalue weighted by Crippen LogP contribution is -2.08. The predicted molar refractivity (Wildman–Crippen MR) is 65.4 cm³/mol. The number of hydrogen-bond acceptors (Lipinski definition) is 3. The topological polar surface area (TPSA) is 42.6 Å². The van der Waals surface area contributed by atoms with E-state index in [1.165, 1.54) is 0 Å². The second kappa shape index (κ2) is 5.25. The van der Waals surface area contributed by atoms with Gasteiger partial charge < -0.3 is 14.3 Å². The molecule has 0 aliphatic heterocycles. The third kappa shape index (κ3) is 3.25. The molecule has 17 heavy (non-hydrogen) atoms. The highest BCUT2D eigenvalue weighted by molar-refractivity contribution is 6.28. The van der Waals surface area contributed by atoms with Gasteiger partial charge >= 0.3 is 0 Å². The Labute approximate surface area is 105 Å². The molecule has 1 N–H and O–H groups in total. The number of hydrogen-bond donors (Lipinski definition) is 1. The highest BCUT2D eigenvalue weighted by atomic mass is 35.5. The van der Waals surface area contributed by atoms with E-state index in [0.717, 1.165) is 11.3 Å². The molecule has 0 bridgehead atoms. The van der Waals surface area contributed by atoms with Gasteiger partial charge in [0.1, 0.15) is 24.2 Å². The summed E-state index contributed by atoms with van der Waals surface area (Å²) < 4.78 is 10.6. The van der Waals surface area contributed by atoms with Crippen LogP contribution in [0.3, 0.4) is 0 Å². The minimum atomic E-state index is -0.817. The summed E-state index contributed by atoms with van der Waals surface area (Å²) in [5.74, 6) is 1.13. The number of aryl methyl sites for hydroxylation is 1. The van der Waals surface area contributed by atoms with Crippen molar-refractivity contribution >= 4 is 11.6 Å². The van der Waals surface area contributed by atoms with Crippen LogP contribution in [0.15, 0.2) is 40.8 Å². The zero-order chi connectivity index (χ0) is 12.3. The number of halogens is 1. The summed E-state index contributed by atoms with van der Waals surface area (Å²) in [6.45, 7) is 2.11. The third-order valence-corrected chi connectivity index (χ3v) is 2.52. The first kappa shape index (κ1) is 12.0. The minimum absolute atomic E-state index is 0.132. The van der Waals surface area contributed by atoms with Gasteiger partial charge in [0.15, 0.2) is 5.22 Å². The fourth-order valence-corrected chi connectivity index (χ4v) is 1.62. The number of furan rings is 1. The lowest BCUT2D eigenvalue weighted by Gasteiger charge is -2.10. The molecule has 2 aromatic rings. The highest BCUT2D eigenvalue weighted by Gasteiger charge is 2.12. The van der Waals surface area contributed by atoms with E-state index in [1.54, 1.807) is 12.1 Å². The fourth-order valence-electron chi connectivity index (χ4n) is 1.47. The molecular formula is C13H13ClO3. The quantitative estimate of drug-likeness (QED) is 0.907. The molecule has 0 aliphatic carbocycles. The summed E-state index contributed by atoms with van der Waals surface area (Å²) in [5.41, 5.74) is 1.11. The molecule has 1 heterocycles. The van der Waals surface area contributed by atoms with Crippen LogP contribution >= 0.6 is 11.6 Å². The Morgan fingerprint density at radius 2 is 2.18 bits per heavy atom. The van der Waals surface area contributed by atoms with Crippen LogP contribution in [-0.4, -0.2) is 11.7 Å². The Bertz CT molecular complexity index is 493. The summed E-state index contributed by atoms with van der Waals surface area (Å²) in [5, 5.41) is 10.0. The number of rotatable bonds is 4. The van der Waals surface area contributed by atoms with Crippen LogP contribution in [0.25, 0.3) is 0 Å². The van der Waals surface area contributed by atoms with Crippen LogP contribution in [0.1, 0.15) is 17.4 Å². The van der Waals surface area contributed by atoms with Crippen LogP contribution in [0.2, 0.25) is 5.22 Å². The molecule has 0 fully saturated rings. The maximum absolute atomic E-state index is 9.79. The molecule has 0 spiro atoms. The molecular weight excluding hydrogens is 240 g/mol. The van der Waals surface area contributed by atoms with Crippen molar-refractivity contribution in [3.05, 3.63) is 52.9 Å². The minimum Gasteiger partial charge on any atom is -0.490 e. The smallest absolute Gasteiger partial charge is 0.193 e. The van der Waals surface area contributed by atoms with Crippen LogP contribution < -0.4 is 4.74 Å². The van der Waals surface area contributed by atoms with Crippen LogP contribution in [0.4, 0.5) is 0 Å². The van der Waals surface area contributed by atoms with Crippen molar-refractivity contribution < 1.29 is 14.3 Å². The average Bonchev–Trinajstić information content (AvgIpc) is 2.73. The summed E-state index contributed by atoms with van der Waals surface area (Å²) in [7, 11) is 0. The van der Waals surface area contributed by atoms with Gasteiger partial charge in [-0.15, -0.1) is 0 Å². The molecule has 0 amide bonds. The Morgan fingerprint density at radius 1 is 1.35 bits per heavy atom. The summed E-state index contributed by atoms with van der Waals surface area (Å²) >= 11 is 5.62. The molecule has 0 radical (unpaired) electrons. The lowest BCUT2D eigenvalue weighted by molar-refractivity contribution is 0.0889. The Hall–Kier alpha value is -1.45. The van der Waals surface area contributed by atoms with Gasteiger partial charge in [0.05, 0.1) is 0 Å². The van der Waals surface area contributed by atoms with Crippen LogP contribution in [0, 0.1) is 6.92 Å². The maximum atomic E-state index is 9.79. The zero-order valence-electron chi connectivity index (χ0n) is 9.39. The molecule has 3 nitrogen and oxygen atoms in total. The molecule has 0 saturated heterocycles. The summed E-state index contributed by atoms with van der Waals surface area (Å²) in [6.07, 6.45) is -0.817. The first-order valence-electron chi connectivity index (χ1n) is 5.28. The Morgan fingerprint density at radius 3 is 2.82 bits per heavy atom. The van der Waals surface area contributed by atoms with E-state index < -0.39 is 6.10 Å². The van der Waals surface area contributed by atoms with Crippen molar-refractivity contribution in [1.82, 2.24) is 0 Å². The van der Waals surface area contributed by atoms with Gasteiger partial charge in [-0.3, -0.25) is 0 Å². The van der Waals surface area contributed by atoms with Crippen LogP contribution in [-0.2, 0) is 0 Å². The van der Waals surface area contributed by atoms with Gasteiger partial charge in [-0.25, -0.2) is 0 Å². The van der Waals surface area contributed by atoms with Gasteiger partial charge in [-0.1, -0.05) is 12.1 Å². The summed E-state index contributed by atoms with van der Waals surface area (Å²) in [4.78, 5) is 0. The molecule has 0 saturated carbocycles. The van der Waals surface area contributed by atoms with Gasteiger partial charge in [-0.2, -0.15) is 0 Å². The molecule has 2 rings (SSSR count). The predicted octanol–water partition coefficient (Wildman–Crippen LogP) is 3.35. The van der Waals surface area contributed by atoms with Crippen molar-refractivity contribution in [3.8, 4) is 5.75 Å². The standard InChI is InChI=1S/C13H13ClO3/c1-9-3-2-4-10(7-9)16-8-11(15)12-5-6-13(14)17-12/h2-7,11,15H,8H2,1H3. The molecule has 90 valence electrons. The molecule has 1 aromatic heterocycles. The Balaban J connectivity index is 1.94. The van der Waals surface area contributed by atoms with Gasteiger partial charge in [0.2, 0.25) is 0 Å². The van der Waals surface area contributed by atoms with Crippen molar-refractivity contribution in [2.75, 3.05) is 6.61 Å². The lowest BCUT2D eigenvalue weighted by atomic mass is 10.2. The molecule has 1 aromatic carbocycles. The first-order chi connectivity index (χ1) is 8.15. The molecule has 0 aliphatic rings. The van der Waals surface area contributed by atoms with Crippen molar-refractivity contribution in [1.29, 1.82) is 0 Å². The van der Waals surface area contributed by atoms with E-state index in [-0.39, 0.29) is 11.8 Å². The van der Waals surface area contributed by atoms with Crippen molar-refractivity contribution in [3.63, 3.8) is 0 Å². The zero-order valence-corrected chi connectivity index (χ0v) is 10.1. The largest absolute Gasteiger partial charge is 0.490 e. The number of benzene rings is 1. The highest BCUT2D eigenvalue weighted by Crippen LogP contribution is 2.21. The maximum Gasteiger partial charge on any atom is 0.193 e. The molecule has 4 heteroatoms. The second-order valence-electron chi connectivity index (χ2n) is 3.79.